The number of piperazine rings is 1. The maximum Gasteiger partial charge on any atom is 0.0578 e. The average Bonchev–Trinajstić information content (AvgIpc) is 2.37. The van der Waals surface area contributed by atoms with Crippen molar-refractivity contribution >= 4 is 24.8 Å². The summed E-state index contributed by atoms with van der Waals surface area (Å²) in [5.74, 6) is 0. The van der Waals surface area contributed by atoms with Crippen molar-refractivity contribution in [2.75, 3.05) is 26.2 Å². The summed E-state index contributed by atoms with van der Waals surface area (Å²) in [5.41, 5.74) is 2.37. The van der Waals surface area contributed by atoms with E-state index in [1.54, 1.807) is 0 Å². The molecule has 19 heavy (non-hydrogen) atoms. The first-order valence-corrected chi connectivity index (χ1v) is 6.69. The average molecular weight is 306 g/mol. The fourth-order valence-corrected chi connectivity index (χ4v) is 2.53. The number of rotatable bonds is 4. The van der Waals surface area contributed by atoms with Crippen LogP contribution < -0.4 is 5.32 Å². The highest BCUT2D eigenvalue weighted by molar-refractivity contribution is 5.85. The second kappa shape index (κ2) is 9.54. The molecule has 110 valence electrons. The molecule has 0 aliphatic carbocycles. The van der Waals surface area contributed by atoms with Gasteiger partial charge in [-0.05, 0) is 25.5 Å². The van der Waals surface area contributed by atoms with Gasteiger partial charge in [0.1, 0.15) is 0 Å². The Morgan fingerprint density at radius 3 is 2.53 bits per heavy atom. The van der Waals surface area contributed by atoms with E-state index in [0.29, 0.717) is 6.04 Å². The highest BCUT2D eigenvalue weighted by Gasteiger charge is 2.22. The zero-order chi connectivity index (χ0) is 12.1. The van der Waals surface area contributed by atoms with E-state index in [-0.39, 0.29) is 24.8 Å². The maximum absolute atomic E-state index is 4.71. The van der Waals surface area contributed by atoms with Crippen LogP contribution >= 0.6 is 24.8 Å². The van der Waals surface area contributed by atoms with Crippen LogP contribution in [-0.4, -0.2) is 36.1 Å². The van der Waals surface area contributed by atoms with Gasteiger partial charge in [0.05, 0.1) is 11.7 Å². The molecule has 2 rings (SSSR count). The lowest BCUT2D eigenvalue weighted by Crippen LogP contribution is -2.45. The van der Waals surface area contributed by atoms with Crippen LogP contribution in [0.4, 0.5) is 0 Å². The minimum atomic E-state index is 0. The van der Waals surface area contributed by atoms with Gasteiger partial charge >= 0.3 is 0 Å². The van der Waals surface area contributed by atoms with Crippen molar-refractivity contribution in [3.63, 3.8) is 0 Å². The molecule has 1 aromatic heterocycles. The number of nitrogens with one attached hydrogen (secondary N) is 1. The van der Waals surface area contributed by atoms with Gasteiger partial charge in [0.15, 0.2) is 0 Å². The Morgan fingerprint density at radius 1 is 1.26 bits per heavy atom. The molecule has 5 heteroatoms. The molecule has 1 aromatic rings. The van der Waals surface area contributed by atoms with Crippen LogP contribution in [-0.2, 0) is 0 Å². The molecule has 1 aliphatic rings. The zero-order valence-corrected chi connectivity index (χ0v) is 13.4. The molecule has 0 saturated carbocycles. The number of pyridine rings is 1. The van der Waals surface area contributed by atoms with E-state index in [2.05, 4.69) is 42.3 Å². The normalized spacial score (nSPS) is 17.2. The summed E-state index contributed by atoms with van der Waals surface area (Å²) < 4.78 is 0. The molecular formula is C14H25Cl2N3. The Balaban J connectivity index is 0.00000162. The molecule has 2 heterocycles. The molecular weight excluding hydrogens is 281 g/mol. The van der Waals surface area contributed by atoms with Crippen LogP contribution in [0.25, 0.3) is 0 Å². The van der Waals surface area contributed by atoms with Gasteiger partial charge in [-0.25, -0.2) is 0 Å². The van der Waals surface area contributed by atoms with Crippen molar-refractivity contribution in [2.45, 2.75) is 32.7 Å². The van der Waals surface area contributed by atoms with Crippen LogP contribution in [0.2, 0.25) is 0 Å². The van der Waals surface area contributed by atoms with Crippen LogP contribution in [0, 0.1) is 6.92 Å². The van der Waals surface area contributed by atoms with E-state index in [0.717, 1.165) is 31.9 Å². The summed E-state index contributed by atoms with van der Waals surface area (Å²) >= 11 is 0. The van der Waals surface area contributed by atoms with E-state index in [1.807, 2.05) is 0 Å². The number of halogens is 2. The molecule has 0 amide bonds. The van der Waals surface area contributed by atoms with Crippen LogP contribution in [0.15, 0.2) is 18.2 Å². The lowest BCUT2D eigenvalue weighted by atomic mass is 10.0. The molecule has 0 radical (unpaired) electrons. The van der Waals surface area contributed by atoms with Gasteiger partial charge in [0.2, 0.25) is 0 Å². The van der Waals surface area contributed by atoms with E-state index < -0.39 is 0 Å². The largest absolute Gasteiger partial charge is 0.314 e. The van der Waals surface area contributed by atoms with Gasteiger partial charge in [-0.1, -0.05) is 19.4 Å². The molecule has 1 atom stereocenters. The summed E-state index contributed by atoms with van der Waals surface area (Å²) in [6.45, 7) is 8.81. The van der Waals surface area contributed by atoms with Crippen LogP contribution in [0.1, 0.15) is 37.2 Å². The number of aromatic nitrogens is 1. The Hall–Kier alpha value is -0.350. The monoisotopic (exact) mass is 305 g/mol. The third-order valence-electron chi connectivity index (χ3n) is 3.41. The molecule has 1 fully saturated rings. The molecule has 3 nitrogen and oxygen atoms in total. The fourth-order valence-electron chi connectivity index (χ4n) is 2.53. The SMILES string of the molecule is CCC[C@H](c1cccc(C)n1)N1CCNCC1.Cl.Cl. The molecule has 1 aliphatic heterocycles. The molecule has 0 bridgehead atoms. The standard InChI is InChI=1S/C14H23N3.2ClH/c1-3-5-14(17-10-8-15-9-11-17)13-7-4-6-12(2)16-13;;/h4,6-7,14-15H,3,5,8-11H2,1-2H3;2*1H/t14-;;/m1../s1. The summed E-state index contributed by atoms with van der Waals surface area (Å²) in [5, 5.41) is 3.41. The Kier molecular flexibility index (Phi) is 9.36. The van der Waals surface area contributed by atoms with E-state index in [4.69, 9.17) is 4.98 Å². The number of hydrogen-bond donors (Lipinski definition) is 1. The first-order chi connectivity index (χ1) is 8.31. The van der Waals surface area contributed by atoms with Crippen molar-refractivity contribution in [1.29, 1.82) is 0 Å². The summed E-state index contributed by atoms with van der Waals surface area (Å²) in [4.78, 5) is 7.28. The maximum atomic E-state index is 4.71. The van der Waals surface area contributed by atoms with E-state index >= 15 is 0 Å². The highest BCUT2D eigenvalue weighted by Crippen LogP contribution is 2.24. The van der Waals surface area contributed by atoms with Crippen LogP contribution in [0.3, 0.4) is 0 Å². The Labute approximate surface area is 129 Å². The van der Waals surface area contributed by atoms with Gasteiger partial charge in [0.25, 0.3) is 0 Å². The third-order valence-corrected chi connectivity index (χ3v) is 3.41. The lowest BCUT2D eigenvalue weighted by Gasteiger charge is -2.34. The Bertz CT molecular complexity index is 354. The molecule has 1 N–H and O–H groups in total. The van der Waals surface area contributed by atoms with E-state index in [9.17, 15) is 0 Å². The van der Waals surface area contributed by atoms with Gasteiger partial charge in [-0.2, -0.15) is 0 Å². The summed E-state index contributed by atoms with van der Waals surface area (Å²) in [6, 6.07) is 6.88. The lowest BCUT2D eigenvalue weighted by molar-refractivity contribution is 0.161. The van der Waals surface area contributed by atoms with E-state index in [1.165, 1.54) is 18.5 Å². The minimum absolute atomic E-state index is 0. The number of hydrogen-bond acceptors (Lipinski definition) is 3. The predicted molar refractivity (Wildman–Crippen MR) is 85.6 cm³/mol. The first kappa shape index (κ1) is 18.7. The quantitative estimate of drug-likeness (QED) is 0.927. The molecule has 1 saturated heterocycles. The van der Waals surface area contributed by atoms with Crippen molar-refractivity contribution in [3.05, 3.63) is 29.6 Å². The van der Waals surface area contributed by atoms with Crippen molar-refractivity contribution in [2.24, 2.45) is 0 Å². The van der Waals surface area contributed by atoms with Gasteiger partial charge in [-0.3, -0.25) is 9.88 Å². The number of aryl methyl sites for hydroxylation is 1. The van der Waals surface area contributed by atoms with Crippen molar-refractivity contribution < 1.29 is 0 Å². The third kappa shape index (κ3) is 5.27. The summed E-state index contributed by atoms with van der Waals surface area (Å²) in [6.07, 6.45) is 2.42. The second-order valence-corrected chi connectivity index (χ2v) is 4.79. The van der Waals surface area contributed by atoms with Gasteiger partial charge < -0.3 is 5.32 Å². The van der Waals surface area contributed by atoms with Crippen molar-refractivity contribution in [3.8, 4) is 0 Å². The highest BCUT2D eigenvalue weighted by atomic mass is 35.5. The minimum Gasteiger partial charge on any atom is -0.314 e. The zero-order valence-electron chi connectivity index (χ0n) is 11.8. The topological polar surface area (TPSA) is 28.2 Å². The second-order valence-electron chi connectivity index (χ2n) is 4.79. The molecule has 0 aromatic carbocycles. The van der Waals surface area contributed by atoms with Crippen LogP contribution in [0.5, 0.6) is 0 Å². The first-order valence-electron chi connectivity index (χ1n) is 6.69. The molecule has 0 spiro atoms. The fraction of sp³-hybridized carbons (Fsp3) is 0.643. The van der Waals surface area contributed by atoms with Gasteiger partial charge in [0, 0.05) is 31.9 Å². The Morgan fingerprint density at radius 2 is 1.95 bits per heavy atom. The number of nitrogens with zero attached hydrogens (tertiary/aromatic N) is 2. The summed E-state index contributed by atoms with van der Waals surface area (Å²) in [7, 11) is 0. The van der Waals surface area contributed by atoms with Gasteiger partial charge in [-0.15, -0.1) is 24.8 Å². The predicted octanol–water partition coefficient (Wildman–Crippen LogP) is 2.98. The smallest absolute Gasteiger partial charge is 0.0578 e. The molecule has 0 unspecified atom stereocenters. The van der Waals surface area contributed by atoms with Crippen molar-refractivity contribution in [1.82, 2.24) is 15.2 Å².